The molecular weight excluding hydrogens is 324 g/mol. The molecule has 1 fully saturated rings. The summed E-state index contributed by atoms with van der Waals surface area (Å²) in [6, 6.07) is 14.2. The van der Waals surface area contributed by atoms with E-state index in [1.165, 1.54) is 12.1 Å². The Labute approximate surface area is 154 Å². The van der Waals surface area contributed by atoms with Gasteiger partial charge in [-0.25, -0.2) is 4.98 Å². The lowest BCUT2D eigenvalue weighted by Gasteiger charge is -2.19. The molecule has 1 N–H and O–H groups in total. The molecule has 5 heteroatoms. The maximum Gasteiger partial charge on any atom is 0.271 e. The van der Waals surface area contributed by atoms with Crippen molar-refractivity contribution in [2.45, 2.75) is 20.3 Å². The zero-order chi connectivity index (χ0) is 18.5. The van der Waals surface area contributed by atoms with Crippen LogP contribution in [0.4, 0.5) is 5.69 Å². The number of carbonyl (C=O) groups is 1. The summed E-state index contributed by atoms with van der Waals surface area (Å²) in [6.07, 6.45) is 5.11. The lowest BCUT2D eigenvalue weighted by molar-refractivity contribution is 0.0959. The number of anilines is 1. The van der Waals surface area contributed by atoms with Crippen LogP contribution >= 0.6 is 0 Å². The minimum Gasteiger partial charge on any atom is -0.370 e. The van der Waals surface area contributed by atoms with E-state index in [1.54, 1.807) is 13.2 Å². The summed E-state index contributed by atoms with van der Waals surface area (Å²) in [5.41, 5.74) is 3.61. The number of aryl methyl sites for hydroxylation is 1. The van der Waals surface area contributed by atoms with Crippen molar-refractivity contribution in [1.29, 1.82) is 0 Å². The molecule has 5 nitrogen and oxygen atoms in total. The molecule has 136 valence electrons. The zero-order valence-corrected chi connectivity index (χ0v) is 15.6. The van der Waals surface area contributed by atoms with Gasteiger partial charge >= 0.3 is 0 Å². The number of fused-ring (bicyclic) bond motifs is 1. The van der Waals surface area contributed by atoms with Crippen LogP contribution in [0.2, 0.25) is 0 Å². The normalized spacial score (nSPS) is 16.3. The van der Waals surface area contributed by atoms with Crippen molar-refractivity contribution in [3.8, 4) is 0 Å². The third kappa shape index (κ3) is 4.04. The molecule has 1 amide bonds. The van der Waals surface area contributed by atoms with Crippen molar-refractivity contribution in [3.63, 3.8) is 0 Å². The highest BCUT2D eigenvalue weighted by molar-refractivity contribution is 5.92. The first-order valence-corrected chi connectivity index (χ1v) is 9.05. The van der Waals surface area contributed by atoms with Crippen LogP contribution in [0.1, 0.15) is 29.4 Å². The predicted molar refractivity (Wildman–Crippen MR) is 106 cm³/mol. The van der Waals surface area contributed by atoms with Gasteiger partial charge in [-0.2, -0.15) is 0 Å². The van der Waals surface area contributed by atoms with Crippen LogP contribution in [0.15, 0.2) is 54.9 Å². The number of carbonyl (C=O) groups excluding carboxylic acids is 1. The van der Waals surface area contributed by atoms with Crippen LogP contribution in [0, 0.1) is 12.8 Å². The van der Waals surface area contributed by atoms with E-state index in [9.17, 15) is 4.79 Å². The molecule has 1 aliphatic rings. The Balaban J connectivity index is 0.000000278. The number of amides is 1. The molecule has 0 saturated carbocycles. The Morgan fingerprint density at radius 2 is 1.81 bits per heavy atom. The van der Waals surface area contributed by atoms with E-state index < -0.39 is 0 Å². The summed E-state index contributed by atoms with van der Waals surface area (Å²) in [5.74, 6) is 0.597. The van der Waals surface area contributed by atoms with E-state index in [-0.39, 0.29) is 5.91 Å². The molecule has 1 atom stereocenters. The summed E-state index contributed by atoms with van der Waals surface area (Å²) in [4.78, 5) is 18.5. The third-order valence-corrected chi connectivity index (χ3v) is 4.64. The number of nitrogens with zero attached hydrogens (tertiary/aromatic N) is 3. The molecule has 1 aliphatic heterocycles. The number of nitrogens with one attached hydrogen (secondary N) is 1. The number of pyridine rings is 1. The number of hydrogen-bond donors (Lipinski definition) is 1. The maximum atomic E-state index is 11.7. The Bertz CT molecular complexity index is 846. The first-order chi connectivity index (χ1) is 12.6. The Morgan fingerprint density at radius 1 is 1.15 bits per heavy atom. The average molecular weight is 350 g/mol. The van der Waals surface area contributed by atoms with Gasteiger partial charge in [0.05, 0.1) is 5.69 Å². The molecule has 0 radical (unpaired) electrons. The van der Waals surface area contributed by atoms with E-state index in [0.717, 1.165) is 30.2 Å². The molecule has 1 saturated heterocycles. The minimum atomic E-state index is -0.149. The molecule has 0 aliphatic carbocycles. The van der Waals surface area contributed by atoms with Crippen LogP contribution in [0.3, 0.4) is 0 Å². The Morgan fingerprint density at radius 3 is 2.35 bits per heavy atom. The SMILES string of the molecule is CNC(=O)c1cn2cc(N3CCC(C)C3)cc(C)c2n1.c1ccccc1. The molecule has 26 heavy (non-hydrogen) atoms. The van der Waals surface area contributed by atoms with Gasteiger partial charge in [0, 0.05) is 32.5 Å². The average Bonchev–Trinajstić information content (AvgIpc) is 3.29. The fourth-order valence-corrected chi connectivity index (χ4v) is 3.21. The number of hydrogen-bond acceptors (Lipinski definition) is 3. The van der Waals surface area contributed by atoms with Crippen LogP contribution < -0.4 is 10.2 Å². The molecule has 1 unspecified atom stereocenters. The quantitative estimate of drug-likeness (QED) is 0.769. The van der Waals surface area contributed by atoms with E-state index in [2.05, 4.69) is 34.4 Å². The number of imidazole rings is 1. The van der Waals surface area contributed by atoms with E-state index in [0.29, 0.717) is 5.69 Å². The van der Waals surface area contributed by atoms with Gasteiger partial charge in [-0.1, -0.05) is 43.3 Å². The summed E-state index contributed by atoms with van der Waals surface area (Å²) >= 11 is 0. The van der Waals surface area contributed by atoms with Crippen molar-refractivity contribution in [2.24, 2.45) is 5.92 Å². The highest BCUT2D eigenvalue weighted by Gasteiger charge is 2.20. The van der Waals surface area contributed by atoms with Crippen LogP contribution in [0.25, 0.3) is 5.65 Å². The third-order valence-electron chi connectivity index (χ3n) is 4.64. The van der Waals surface area contributed by atoms with Crippen LogP contribution in [-0.4, -0.2) is 35.4 Å². The number of aromatic nitrogens is 2. The fourth-order valence-electron chi connectivity index (χ4n) is 3.21. The topological polar surface area (TPSA) is 49.6 Å². The van der Waals surface area contributed by atoms with Gasteiger partial charge in [-0.3, -0.25) is 4.79 Å². The zero-order valence-electron chi connectivity index (χ0n) is 15.6. The monoisotopic (exact) mass is 350 g/mol. The van der Waals surface area contributed by atoms with Crippen LogP contribution in [-0.2, 0) is 0 Å². The molecule has 2 aromatic heterocycles. The van der Waals surface area contributed by atoms with Gasteiger partial charge in [-0.05, 0) is 30.9 Å². The van der Waals surface area contributed by atoms with Crippen molar-refractivity contribution >= 4 is 17.2 Å². The summed E-state index contributed by atoms with van der Waals surface area (Å²) in [5, 5.41) is 2.61. The smallest absolute Gasteiger partial charge is 0.271 e. The summed E-state index contributed by atoms with van der Waals surface area (Å²) < 4.78 is 1.96. The molecule has 3 heterocycles. The Hall–Kier alpha value is -2.82. The highest BCUT2D eigenvalue weighted by atomic mass is 16.1. The van der Waals surface area contributed by atoms with Gasteiger partial charge < -0.3 is 14.6 Å². The summed E-state index contributed by atoms with van der Waals surface area (Å²) in [7, 11) is 1.62. The minimum absolute atomic E-state index is 0.149. The molecular formula is C21H26N4O. The summed E-state index contributed by atoms with van der Waals surface area (Å²) in [6.45, 7) is 6.52. The van der Waals surface area contributed by atoms with Gasteiger partial charge in [-0.15, -0.1) is 0 Å². The van der Waals surface area contributed by atoms with Gasteiger partial charge in [0.15, 0.2) is 0 Å². The number of rotatable bonds is 2. The second-order valence-corrected chi connectivity index (χ2v) is 6.81. The maximum absolute atomic E-state index is 11.7. The van der Waals surface area contributed by atoms with Crippen molar-refractivity contribution in [2.75, 3.05) is 25.0 Å². The van der Waals surface area contributed by atoms with E-state index in [1.807, 2.05) is 47.7 Å². The second-order valence-electron chi connectivity index (χ2n) is 6.81. The predicted octanol–water partition coefficient (Wildman–Crippen LogP) is 3.54. The molecule has 4 rings (SSSR count). The Kier molecular flexibility index (Phi) is 5.56. The molecule has 1 aromatic carbocycles. The standard InChI is InChI=1S/C15H20N4O.C6H6/c1-10-4-5-18(7-10)12-6-11(2)14-17-13(15(20)16-3)9-19(14)8-12;1-2-4-6-5-3-1/h6,8-10H,4-5,7H2,1-3H3,(H,16,20);1-6H. The van der Waals surface area contributed by atoms with Gasteiger partial charge in [0.25, 0.3) is 5.91 Å². The van der Waals surface area contributed by atoms with Crippen molar-refractivity contribution in [3.05, 3.63) is 66.1 Å². The van der Waals surface area contributed by atoms with E-state index in [4.69, 9.17) is 0 Å². The van der Waals surface area contributed by atoms with Crippen molar-refractivity contribution in [1.82, 2.24) is 14.7 Å². The van der Waals surface area contributed by atoms with Gasteiger partial charge in [0.2, 0.25) is 0 Å². The highest BCUT2D eigenvalue weighted by Crippen LogP contribution is 2.25. The first-order valence-electron chi connectivity index (χ1n) is 9.05. The molecule has 0 bridgehead atoms. The van der Waals surface area contributed by atoms with Crippen molar-refractivity contribution < 1.29 is 4.79 Å². The lowest BCUT2D eigenvalue weighted by Crippen LogP contribution is -2.19. The second kappa shape index (κ2) is 8.04. The molecule has 3 aromatic rings. The first kappa shape index (κ1) is 18.0. The van der Waals surface area contributed by atoms with Gasteiger partial charge in [0.1, 0.15) is 11.3 Å². The largest absolute Gasteiger partial charge is 0.370 e. The van der Waals surface area contributed by atoms with Crippen LogP contribution in [0.5, 0.6) is 0 Å². The lowest BCUT2D eigenvalue weighted by atomic mass is 10.2. The molecule has 0 spiro atoms. The number of benzene rings is 1. The van der Waals surface area contributed by atoms with E-state index >= 15 is 0 Å². The fraction of sp³-hybridized carbons (Fsp3) is 0.333.